The van der Waals surface area contributed by atoms with Gasteiger partial charge in [0.25, 0.3) is 17.7 Å². The van der Waals surface area contributed by atoms with Crippen LogP contribution in [0.15, 0.2) is 48.5 Å². The van der Waals surface area contributed by atoms with Gasteiger partial charge in [-0.1, -0.05) is 19.1 Å². The SMILES string of the molecule is COC(=O)c1c(NC(=O)c2ccc(N3C(=O)c4ccccc4C3=O)cc2)sc2c1CCC(C)C2. The van der Waals surface area contributed by atoms with E-state index in [1.54, 1.807) is 48.5 Å². The van der Waals surface area contributed by atoms with Crippen molar-refractivity contribution in [3.05, 3.63) is 81.2 Å². The second kappa shape index (κ2) is 8.53. The van der Waals surface area contributed by atoms with E-state index < -0.39 is 5.97 Å². The van der Waals surface area contributed by atoms with Crippen LogP contribution in [0, 0.1) is 5.92 Å². The lowest BCUT2D eigenvalue weighted by Gasteiger charge is -2.18. The third-order valence-corrected chi connectivity index (χ3v) is 7.48. The molecule has 2 aromatic carbocycles. The summed E-state index contributed by atoms with van der Waals surface area (Å²) in [5.74, 6) is -1.10. The number of thiophene rings is 1. The lowest BCUT2D eigenvalue weighted by molar-refractivity contribution is 0.0600. The molecule has 34 heavy (non-hydrogen) atoms. The molecule has 0 bridgehead atoms. The number of ether oxygens (including phenoxy) is 1. The third-order valence-electron chi connectivity index (χ3n) is 6.31. The number of esters is 1. The van der Waals surface area contributed by atoms with Gasteiger partial charge < -0.3 is 10.1 Å². The number of hydrogen-bond donors (Lipinski definition) is 1. The quantitative estimate of drug-likeness (QED) is 0.437. The Hall–Kier alpha value is -3.78. The molecule has 8 heteroatoms. The number of hydrogen-bond acceptors (Lipinski definition) is 6. The maximum atomic E-state index is 13.0. The van der Waals surface area contributed by atoms with E-state index in [4.69, 9.17) is 4.74 Å². The molecule has 1 aromatic heterocycles. The third kappa shape index (κ3) is 3.60. The van der Waals surface area contributed by atoms with Crippen molar-refractivity contribution in [3.8, 4) is 0 Å². The van der Waals surface area contributed by atoms with Gasteiger partial charge in [-0.05, 0) is 67.1 Å². The molecule has 1 aliphatic carbocycles. The maximum absolute atomic E-state index is 13.0. The fourth-order valence-electron chi connectivity index (χ4n) is 4.52. The van der Waals surface area contributed by atoms with Crippen LogP contribution < -0.4 is 10.2 Å². The van der Waals surface area contributed by atoms with Crippen LogP contribution >= 0.6 is 11.3 Å². The Labute approximate surface area is 200 Å². The topological polar surface area (TPSA) is 92.8 Å². The molecule has 0 fully saturated rings. The molecular weight excluding hydrogens is 452 g/mol. The first-order chi connectivity index (χ1) is 16.4. The van der Waals surface area contributed by atoms with Gasteiger partial charge in [0.15, 0.2) is 0 Å². The van der Waals surface area contributed by atoms with Crippen LogP contribution in [0.5, 0.6) is 0 Å². The Bertz CT molecular complexity index is 1310. The number of fused-ring (bicyclic) bond motifs is 2. The highest BCUT2D eigenvalue weighted by Gasteiger charge is 2.36. The van der Waals surface area contributed by atoms with Gasteiger partial charge in [0.1, 0.15) is 5.00 Å². The smallest absolute Gasteiger partial charge is 0.341 e. The zero-order valence-electron chi connectivity index (χ0n) is 18.7. The van der Waals surface area contributed by atoms with Gasteiger partial charge in [-0.2, -0.15) is 0 Å². The van der Waals surface area contributed by atoms with Crippen LogP contribution in [0.25, 0.3) is 0 Å². The van der Waals surface area contributed by atoms with Crippen molar-refractivity contribution in [2.75, 3.05) is 17.3 Å². The van der Waals surface area contributed by atoms with E-state index in [-0.39, 0.29) is 17.7 Å². The molecule has 0 saturated heterocycles. The second-order valence-corrected chi connectivity index (χ2v) is 9.64. The highest BCUT2D eigenvalue weighted by atomic mass is 32.1. The zero-order chi connectivity index (χ0) is 24.0. The maximum Gasteiger partial charge on any atom is 0.341 e. The Morgan fingerprint density at radius 2 is 1.68 bits per heavy atom. The van der Waals surface area contributed by atoms with Gasteiger partial charge in [-0.15, -0.1) is 11.3 Å². The summed E-state index contributed by atoms with van der Waals surface area (Å²) < 4.78 is 4.98. The van der Waals surface area contributed by atoms with Crippen LogP contribution in [0.1, 0.15) is 65.2 Å². The minimum atomic E-state index is -0.455. The van der Waals surface area contributed by atoms with Crippen molar-refractivity contribution in [2.24, 2.45) is 5.92 Å². The summed E-state index contributed by atoms with van der Waals surface area (Å²) in [5, 5.41) is 3.35. The number of carbonyl (C=O) groups excluding carboxylic acids is 4. The molecule has 0 saturated carbocycles. The number of nitrogens with zero attached hydrogens (tertiary/aromatic N) is 1. The lowest BCUT2D eigenvalue weighted by Crippen LogP contribution is -2.29. The largest absolute Gasteiger partial charge is 0.465 e. The lowest BCUT2D eigenvalue weighted by atomic mass is 9.88. The van der Waals surface area contributed by atoms with Crippen LogP contribution in [-0.2, 0) is 17.6 Å². The van der Waals surface area contributed by atoms with Crippen LogP contribution in [0.4, 0.5) is 10.7 Å². The van der Waals surface area contributed by atoms with Gasteiger partial charge in [0.05, 0.1) is 29.5 Å². The molecule has 1 aliphatic heterocycles. The normalized spacial score (nSPS) is 16.8. The first-order valence-corrected chi connectivity index (χ1v) is 11.8. The molecular formula is C26H22N2O5S. The Morgan fingerprint density at radius 1 is 1.03 bits per heavy atom. The van der Waals surface area contributed by atoms with E-state index in [9.17, 15) is 19.2 Å². The molecule has 2 heterocycles. The average molecular weight is 475 g/mol. The predicted molar refractivity (Wildman–Crippen MR) is 129 cm³/mol. The standard InChI is InChI=1S/C26H22N2O5S/c1-14-7-12-19-20(13-14)34-23(21(19)26(32)33-2)27-22(29)15-8-10-16(11-9-15)28-24(30)17-5-3-4-6-18(17)25(28)31/h3-6,8-11,14H,7,12-13H2,1-2H3,(H,27,29). The number of carbonyl (C=O) groups is 4. The van der Waals surface area contributed by atoms with Crippen molar-refractivity contribution < 1.29 is 23.9 Å². The van der Waals surface area contributed by atoms with Gasteiger partial charge in [0.2, 0.25) is 0 Å². The second-order valence-electron chi connectivity index (χ2n) is 8.54. The van der Waals surface area contributed by atoms with E-state index in [1.807, 2.05) is 0 Å². The summed E-state index contributed by atoms with van der Waals surface area (Å²) in [6.07, 6.45) is 2.64. The summed E-state index contributed by atoms with van der Waals surface area (Å²) in [5.41, 5.74) is 2.85. The number of imide groups is 1. The molecule has 3 amide bonds. The molecule has 7 nitrogen and oxygen atoms in total. The first-order valence-electron chi connectivity index (χ1n) is 11.0. The van der Waals surface area contributed by atoms with Crippen LogP contribution in [0.2, 0.25) is 0 Å². The summed E-state index contributed by atoms with van der Waals surface area (Å²) in [7, 11) is 1.33. The molecule has 2 aliphatic rings. The minimum Gasteiger partial charge on any atom is -0.465 e. The van der Waals surface area contributed by atoms with E-state index in [2.05, 4.69) is 12.2 Å². The Balaban J connectivity index is 1.39. The van der Waals surface area contributed by atoms with E-state index in [0.29, 0.717) is 38.9 Å². The van der Waals surface area contributed by atoms with Crippen LogP contribution in [-0.4, -0.2) is 30.8 Å². The fraction of sp³-hybridized carbons (Fsp3) is 0.231. The van der Waals surface area contributed by atoms with Gasteiger partial charge in [-0.25, -0.2) is 9.69 Å². The van der Waals surface area contributed by atoms with Gasteiger partial charge in [0, 0.05) is 10.4 Å². The van der Waals surface area contributed by atoms with E-state index in [0.717, 1.165) is 34.6 Å². The van der Waals surface area contributed by atoms with Crippen molar-refractivity contribution in [2.45, 2.75) is 26.2 Å². The van der Waals surface area contributed by atoms with Crippen LogP contribution in [0.3, 0.4) is 0 Å². The molecule has 0 radical (unpaired) electrons. The molecule has 5 rings (SSSR count). The molecule has 1 atom stereocenters. The molecule has 0 spiro atoms. The number of nitrogens with one attached hydrogen (secondary N) is 1. The number of amides is 3. The summed E-state index contributed by atoms with van der Waals surface area (Å²) in [6, 6.07) is 12.9. The number of anilines is 2. The minimum absolute atomic E-state index is 0.343. The van der Waals surface area contributed by atoms with E-state index >= 15 is 0 Å². The summed E-state index contributed by atoms with van der Waals surface area (Å²) in [4.78, 5) is 53.1. The summed E-state index contributed by atoms with van der Waals surface area (Å²) >= 11 is 1.42. The zero-order valence-corrected chi connectivity index (χ0v) is 19.5. The van der Waals surface area contributed by atoms with Gasteiger partial charge >= 0.3 is 5.97 Å². The fourth-order valence-corrected chi connectivity index (χ4v) is 5.91. The van der Waals surface area contributed by atoms with Crippen molar-refractivity contribution >= 4 is 45.7 Å². The summed E-state index contributed by atoms with van der Waals surface area (Å²) in [6.45, 7) is 2.18. The monoisotopic (exact) mass is 474 g/mol. The van der Waals surface area contributed by atoms with Crippen molar-refractivity contribution in [1.82, 2.24) is 0 Å². The molecule has 1 N–H and O–H groups in total. The highest BCUT2D eigenvalue weighted by Crippen LogP contribution is 2.40. The van der Waals surface area contributed by atoms with E-state index in [1.165, 1.54) is 18.4 Å². The Kier molecular flexibility index (Phi) is 5.53. The Morgan fingerprint density at radius 3 is 2.29 bits per heavy atom. The van der Waals surface area contributed by atoms with Crippen molar-refractivity contribution in [1.29, 1.82) is 0 Å². The predicted octanol–water partition coefficient (Wildman–Crippen LogP) is 4.71. The number of rotatable bonds is 4. The number of methoxy groups -OCH3 is 1. The number of benzene rings is 2. The first kappa shape index (κ1) is 22.0. The van der Waals surface area contributed by atoms with Gasteiger partial charge in [-0.3, -0.25) is 14.4 Å². The molecule has 172 valence electrons. The molecule has 1 unspecified atom stereocenters. The van der Waals surface area contributed by atoms with Crippen molar-refractivity contribution in [3.63, 3.8) is 0 Å². The average Bonchev–Trinajstić information content (AvgIpc) is 3.32. The highest BCUT2D eigenvalue weighted by molar-refractivity contribution is 7.17. The molecule has 3 aromatic rings.